The first-order valence-electron chi connectivity index (χ1n) is 8.38. The lowest BCUT2D eigenvalue weighted by Crippen LogP contribution is -2.25. The Balaban J connectivity index is 1.51. The van der Waals surface area contributed by atoms with Crippen molar-refractivity contribution >= 4 is 45.9 Å². The molecule has 0 aliphatic rings. The molecular formula is C18H16F2N4O3S2. The van der Waals surface area contributed by atoms with Gasteiger partial charge in [-0.3, -0.25) is 9.59 Å². The van der Waals surface area contributed by atoms with Crippen molar-refractivity contribution in [1.29, 1.82) is 0 Å². The zero-order valence-electron chi connectivity index (χ0n) is 15.4. The van der Waals surface area contributed by atoms with Crippen molar-refractivity contribution in [2.75, 3.05) is 16.4 Å². The van der Waals surface area contributed by atoms with Gasteiger partial charge in [0, 0.05) is 17.0 Å². The van der Waals surface area contributed by atoms with Gasteiger partial charge in [-0.2, -0.15) is 0 Å². The van der Waals surface area contributed by atoms with Gasteiger partial charge in [0.25, 0.3) is 0 Å². The van der Waals surface area contributed by atoms with Crippen LogP contribution in [-0.4, -0.2) is 33.0 Å². The average molecular weight is 438 g/mol. The third kappa shape index (κ3) is 5.61. The first kappa shape index (κ1) is 20.9. The maximum Gasteiger partial charge on any atom is 0.238 e. The van der Waals surface area contributed by atoms with Gasteiger partial charge in [0.05, 0.1) is 16.7 Å². The van der Waals surface area contributed by atoms with Gasteiger partial charge < -0.3 is 15.2 Å². The van der Waals surface area contributed by atoms with Crippen molar-refractivity contribution in [2.45, 2.75) is 19.1 Å². The molecule has 152 valence electrons. The molecule has 0 radical (unpaired) electrons. The molecule has 3 rings (SSSR count). The second-order valence-corrected chi connectivity index (χ2v) is 8.16. The lowest BCUT2D eigenvalue weighted by molar-refractivity contribution is -0.115. The van der Waals surface area contributed by atoms with E-state index in [1.54, 1.807) is 19.9 Å². The lowest BCUT2D eigenvalue weighted by atomic mass is 10.1. The van der Waals surface area contributed by atoms with Crippen LogP contribution in [0.15, 0.2) is 34.2 Å². The second kappa shape index (κ2) is 9.14. The van der Waals surface area contributed by atoms with Crippen molar-refractivity contribution < 1.29 is 22.9 Å². The molecule has 0 bridgehead atoms. The van der Waals surface area contributed by atoms with E-state index in [0.29, 0.717) is 11.6 Å². The number of carbonyl (C=O) groups is 2. The number of thiazole rings is 1. The summed E-state index contributed by atoms with van der Waals surface area (Å²) in [6, 6.07) is 4.67. The van der Waals surface area contributed by atoms with E-state index < -0.39 is 16.9 Å². The Kier molecular flexibility index (Phi) is 6.60. The largest absolute Gasteiger partial charge is 0.360 e. The van der Waals surface area contributed by atoms with Crippen LogP contribution < -0.4 is 10.6 Å². The minimum atomic E-state index is -0.604. The summed E-state index contributed by atoms with van der Waals surface area (Å²) in [6.07, 6.45) is 0. The van der Waals surface area contributed by atoms with Crippen LogP contribution in [0.3, 0.4) is 0 Å². The maximum atomic E-state index is 13.8. The van der Waals surface area contributed by atoms with Gasteiger partial charge in [0.15, 0.2) is 10.9 Å². The summed E-state index contributed by atoms with van der Waals surface area (Å²) in [5, 5.41) is 10.1. The van der Waals surface area contributed by atoms with Gasteiger partial charge >= 0.3 is 0 Å². The number of hydrogen-bond acceptors (Lipinski definition) is 7. The van der Waals surface area contributed by atoms with Gasteiger partial charge in [0.1, 0.15) is 17.4 Å². The van der Waals surface area contributed by atoms with Gasteiger partial charge in [-0.1, -0.05) is 5.16 Å². The normalized spacial score (nSPS) is 11.9. The second-order valence-electron chi connectivity index (χ2n) is 5.98. The highest BCUT2D eigenvalue weighted by molar-refractivity contribution is 8.01. The van der Waals surface area contributed by atoms with Crippen molar-refractivity contribution in [1.82, 2.24) is 10.1 Å². The van der Waals surface area contributed by atoms with E-state index >= 15 is 0 Å². The van der Waals surface area contributed by atoms with Crippen LogP contribution in [-0.2, 0) is 9.59 Å². The molecule has 1 unspecified atom stereocenters. The molecule has 2 heterocycles. The number of aromatic nitrogens is 2. The molecule has 0 fully saturated rings. The smallest absolute Gasteiger partial charge is 0.238 e. The summed E-state index contributed by atoms with van der Waals surface area (Å²) in [7, 11) is 0. The number of amides is 2. The molecule has 2 amide bonds. The molecule has 0 aliphatic carbocycles. The van der Waals surface area contributed by atoms with Crippen molar-refractivity contribution in [2.24, 2.45) is 0 Å². The number of anilines is 2. The molecule has 1 aromatic carbocycles. The Morgan fingerprint density at radius 3 is 2.79 bits per heavy atom. The van der Waals surface area contributed by atoms with Gasteiger partial charge in [0.2, 0.25) is 11.8 Å². The number of nitrogens with one attached hydrogen (secondary N) is 2. The average Bonchev–Trinajstić information content (AvgIpc) is 3.30. The Morgan fingerprint density at radius 2 is 2.07 bits per heavy atom. The third-order valence-corrected chi connectivity index (χ3v) is 5.57. The monoisotopic (exact) mass is 438 g/mol. The number of benzene rings is 1. The van der Waals surface area contributed by atoms with Crippen LogP contribution in [0.4, 0.5) is 19.7 Å². The number of carbonyl (C=O) groups excluding carboxylic acids is 2. The molecule has 0 saturated heterocycles. The standard InChI is InChI=1S/C18H16F2N4O3S2/c1-9-5-15(24-27-9)22-17(26)10(2)28-8-16(25)23-18-21-14(7-29-18)12-6-11(19)3-4-13(12)20/h3-7,10H,8H2,1-2H3,(H,21,23,25)(H,22,24,26). The van der Waals surface area contributed by atoms with Gasteiger partial charge in [-0.25, -0.2) is 13.8 Å². The first-order valence-corrected chi connectivity index (χ1v) is 10.3. The quantitative estimate of drug-likeness (QED) is 0.577. The van der Waals surface area contributed by atoms with E-state index in [1.807, 2.05) is 0 Å². The van der Waals surface area contributed by atoms with E-state index in [0.717, 1.165) is 41.3 Å². The number of halogens is 2. The molecular weight excluding hydrogens is 422 g/mol. The van der Waals surface area contributed by atoms with E-state index in [9.17, 15) is 18.4 Å². The summed E-state index contributed by atoms with van der Waals surface area (Å²) >= 11 is 2.22. The lowest BCUT2D eigenvalue weighted by Gasteiger charge is -2.09. The summed E-state index contributed by atoms with van der Waals surface area (Å²) in [4.78, 5) is 28.3. The Bertz CT molecular complexity index is 1040. The number of rotatable bonds is 7. The van der Waals surface area contributed by atoms with Crippen LogP contribution >= 0.6 is 23.1 Å². The van der Waals surface area contributed by atoms with Crippen LogP contribution in [0.5, 0.6) is 0 Å². The predicted molar refractivity (Wildman–Crippen MR) is 108 cm³/mol. The molecule has 0 saturated carbocycles. The van der Waals surface area contributed by atoms with Crippen molar-refractivity contribution in [3.63, 3.8) is 0 Å². The highest BCUT2D eigenvalue weighted by Crippen LogP contribution is 2.27. The van der Waals surface area contributed by atoms with E-state index in [4.69, 9.17) is 4.52 Å². The maximum absolute atomic E-state index is 13.8. The molecule has 29 heavy (non-hydrogen) atoms. The van der Waals surface area contributed by atoms with Crippen LogP contribution in [0.25, 0.3) is 11.3 Å². The molecule has 1 atom stereocenters. The molecule has 11 heteroatoms. The van der Waals surface area contributed by atoms with E-state index in [2.05, 4.69) is 20.8 Å². The highest BCUT2D eigenvalue weighted by Gasteiger charge is 2.18. The summed E-state index contributed by atoms with van der Waals surface area (Å²) in [6.45, 7) is 3.37. The molecule has 2 N–H and O–H groups in total. The van der Waals surface area contributed by atoms with Crippen molar-refractivity contribution in [3.05, 3.63) is 47.0 Å². The molecule has 3 aromatic rings. The summed E-state index contributed by atoms with van der Waals surface area (Å²) in [5.41, 5.74) is 0.245. The SMILES string of the molecule is Cc1cc(NC(=O)C(C)SCC(=O)Nc2nc(-c3cc(F)ccc3F)cs2)no1. The molecule has 0 aliphatic heterocycles. The Hall–Kier alpha value is -2.79. The summed E-state index contributed by atoms with van der Waals surface area (Å²) < 4.78 is 32.0. The summed E-state index contributed by atoms with van der Waals surface area (Å²) in [5.74, 6) is -0.973. The Labute approximate surface area is 172 Å². The third-order valence-electron chi connectivity index (χ3n) is 3.67. The fraction of sp³-hybridized carbons (Fsp3) is 0.222. The van der Waals surface area contributed by atoms with E-state index in [-0.39, 0.29) is 34.0 Å². The fourth-order valence-corrected chi connectivity index (χ4v) is 3.64. The highest BCUT2D eigenvalue weighted by atomic mass is 32.2. The molecule has 7 nitrogen and oxygen atoms in total. The first-order chi connectivity index (χ1) is 13.8. The van der Waals surface area contributed by atoms with Gasteiger partial charge in [-0.15, -0.1) is 23.1 Å². The number of thioether (sulfide) groups is 1. The van der Waals surface area contributed by atoms with Gasteiger partial charge in [-0.05, 0) is 32.0 Å². The Morgan fingerprint density at radius 1 is 1.28 bits per heavy atom. The number of nitrogens with zero attached hydrogens (tertiary/aromatic N) is 2. The number of hydrogen-bond donors (Lipinski definition) is 2. The fourth-order valence-electron chi connectivity index (χ4n) is 2.23. The minimum Gasteiger partial charge on any atom is -0.360 e. The van der Waals surface area contributed by atoms with Crippen molar-refractivity contribution in [3.8, 4) is 11.3 Å². The molecule has 2 aromatic heterocycles. The zero-order chi connectivity index (χ0) is 21.0. The zero-order valence-corrected chi connectivity index (χ0v) is 17.0. The minimum absolute atomic E-state index is 0.00959. The van der Waals surface area contributed by atoms with Crippen LogP contribution in [0.2, 0.25) is 0 Å². The van der Waals surface area contributed by atoms with Crippen LogP contribution in [0.1, 0.15) is 12.7 Å². The number of aryl methyl sites for hydroxylation is 1. The topological polar surface area (TPSA) is 97.1 Å². The van der Waals surface area contributed by atoms with Crippen LogP contribution in [0, 0.1) is 18.6 Å². The predicted octanol–water partition coefficient (Wildman–Crippen LogP) is 4.08. The molecule has 0 spiro atoms. The van der Waals surface area contributed by atoms with E-state index in [1.165, 1.54) is 5.38 Å².